The molecule has 0 heterocycles. The van der Waals surface area contributed by atoms with Crippen molar-refractivity contribution in [2.24, 2.45) is 5.92 Å². The number of esters is 1. The number of nitrogens with one attached hydrogen (secondary N) is 1. The van der Waals surface area contributed by atoms with Crippen molar-refractivity contribution in [2.75, 3.05) is 13.2 Å². The molecule has 0 aromatic carbocycles. The van der Waals surface area contributed by atoms with Crippen LogP contribution in [0.4, 0.5) is 0 Å². The van der Waals surface area contributed by atoms with Crippen LogP contribution in [-0.2, 0) is 9.53 Å². The van der Waals surface area contributed by atoms with Gasteiger partial charge in [-0.25, -0.2) is 0 Å². The van der Waals surface area contributed by atoms with Crippen LogP contribution in [0.1, 0.15) is 46.0 Å². The summed E-state index contributed by atoms with van der Waals surface area (Å²) in [7, 11) is 0. The van der Waals surface area contributed by atoms with E-state index in [-0.39, 0.29) is 5.97 Å². The molecule has 0 spiro atoms. The number of carbonyl (C=O) groups is 1. The summed E-state index contributed by atoms with van der Waals surface area (Å²) in [6.07, 6.45) is 7.05. The number of rotatable bonds is 6. The third-order valence-electron chi connectivity index (χ3n) is 3.68. The minimum absolute atomic E-state index is 0.0833. The van der Waals surface area contributed by atoms with E-state index in [9.17, 15) is 4.79 Å². The largest absolute Gasteiger partial charge is 0.465 e. The van der Waals surface area contributed by atoms with Crippen molar-refractivity contribution in [1.82, 2.24) is 5.32 Å². The van der Waals surface area contributed by atoms with Gasteiger partial charge in [0.05, 0.1) is 6.61 Å². The van der Waals surface area contributed by atoms with Crippen LogP contribution >= 0.6 is 0 Å². The van der Waals surface area contributed by atoms with Gasteiger partial charge in [-0.05, 0) is 25.7 Å². The SMILES string of the molecule is C=CCNC1(C(=O)OCC)CCCC(CC)C1. The molecule has 1 aliphatic carbocycles. The lowest BCUT2D eigenvalue weighted by Crippen LogP contribution is -2.55. The molecule has 1 aliphatic rings. The fraction of sp³-hybridized carbons (Fsp3) is 0.786. The fourth-order valence-electron chi connectivity index (χ4n) is 2.69. The van der Waals surface area contributed by atoms with Crippen LogP contribution in [0.15, 0.2) is 12.7 Å². The second-order valence-electron chi connectivity index (χ2n) is 4.84. The Morgan fingerprint density at radius 1 is 1.59 bits per heavy atom. The first-order chi connectivity index (χ1) is 8.18. The zero-order valence-electron chi connectivity index (χ0n) is 11.1. The fourth-order valence-corrected chi connectivity index (χ4v) is 2.69. The standard InChI is InChI=1S/C14H25NO2/c1-4-10-15-14(13(16)17-6-3)9-7-8-12(5-2)11-14/h4,12,15H,1,5-11H2,2-3H3. The van der Waals surface area contributed by atoms with E-state index in [2.05, 4.69) is 18.8 Å². The van der Waals surface area contributed by atoms with Crippen molar-refractivity contribution in [1.29, 1.82) is 0 Å². The summed E-state index contributed by atoms with van der Waals surface area (Å²) in [4.78, 5) is 12.2. The molecule has 0 saturated heterocycles. The van der Waals surface area contributed by atoms with E-state index in [1.165, 1.54) is 6.42 Å². The Hall–Kier alpha value is -0.830. The summed E-state index contributed by atoms with van der Waals surface area (Å²) in [5.74, 6) is 0.547. The lowest BCUT2D eigenvalue weighted by Gasteiger charge is -2.39. The number of ether oxygens (including phenoxy) is 1. The first-order valence-corrected chi connectivity index (χ1v) is 6.71. The molecule has 1 fully saturated rings. The molecule has 0 bridgehead atoms. The van der Waals surface area contributed by atoms with Crippen molar-refractivity contribution >= 4 is 5.97 Å². The predicted molar refractivity (Wildman–Crippen MR) is 69.8 cm³/mol. The lowest BCUT2D eigenvalue weighted by atomic mass is 9.74. The average Bonchev–Trinajstić information content (AvgIpc) is 2.37. The molecule has 0 aromatic heterocycles. The molecule has 2 atom stereocenters. The summed E-state index contributed by atoms with van der Waals surface area (Å²) in [6.45, 7) is 8.87. The molecule has 1 rings (SSSR count). The van der Waals surface area contributed by atoms with E-state index in [1.54, 1.807) is 6.08 Å². The third kappa shape index (κ3) is 3.56. The highest BCUT2D eigenvalue weighted by Crippen LogP contribution is 2.35. The van der Waals surface area contributed by atoms with E-state index in [0.717, 1.165) is 25.7 Å². The lowest BCUT2D eigenvalue weighted by molar-refractivity contribution is -0.153. The molecule has 0 amide bonds. The van der Waals surface area contributed by atoms with E-state index in [1.807, 2.05) is 6.92 Å². The van der Waals surface area contributed by atoms with E-state index < -0.39 is 5.54 Å². The second kappa shape index (κ2) is 6.80. The number of hydrogen-bond acceptors (Lipinski definition) is 3. The maximum absolute atomic E-state index is 12.2. The highest BCUT2D eigenvalue weighted by molar-refractivity contribution is 5.81. The van der Waals surface area contributed by atoms with Crippen molar-refractivity contribution < 1.29 is 9.53 Å². The minimum Gasteiger partial charge on any atom is -0.465 e. The van der Waals surface area contributed by atoms with Gasteiger partial charge in [0.25, 0.3) is 0 Å². The summed E-state index contributed by atoms with van der Waals surface area (Å²) in [5.41, 5.74) is -0.469. The molecular formula is C14H25NO2. The Morgan fingerprint density at radius 3 is 2.94 bits per heavy atom. The van der Waals surface area contributed by atoms with E-state index >= 15 is 0 Å². The molecule has 2 unspecified atom stereocenters. The molecule has 0 aromatic rings. The average molecular weight is 239 g/mol. The topological polar surface area (TPSA) is 38.3 Å². The van der Waals surface area contributed by atoms with E-state index in [4.69, 9.17) is 4.74 Å². The van der Waals surface area contributed by atoms with Crippen molar-refractivity contribution in [3.8, 4) is 0 Å². The smallest absolute Gasteiger partial charge is 0.326 e. The summed E-state index contributed by atoms with van der Waals surface area (Å²) in [5, 5.41) is 3.34. The monoisotopic (exact) mass is 239 g/mol. The summed E-state index contributed by atoms with van der Waals surface area (Å²) in [6, 6.07) is 0. The molecule has 3 heteroatoms. The molecule has 1 saturated carbocycles. The molecule has 3 nitrogen and oxygen atoms in total. The predicted octanol–water partition coefficient (Wildman–Crippen LogP) is 2.66. The van der Waals surface area contributed by atoms with Crippen LogP contribution < -0.4 is 5.32 Å². The molecule has 17 heavy (non-hydrogen) atoms. The Kier molecular flexibility index (Phi) is 5.69. The highest BCUT2D eigenvalue weighted by atomic mass is 16.5. The van der Waals surface area contributed by atoms with Crippen molar-refractivity contribution in [3.63, 3.8) is 0 Å². The van der Waals surface area contributed by atoms with Gasteiger partial charge in [0.1, 0.15) is 5.54 Å². The summed E-state index contributed by atoms with van der Waals surface area (Å²) >= 11 is 0. The number of carbonyl (C=O) groups excluding carboxylic acids is 1. The van der Waals surface area contributed by atoms with Gasteiger partial charge in [-0.15, -0.1) is 6.58 Å². The van der Waals surface area contributed by atoms with Crippen LogP contribution in [0, 0.1) is 5.92 Å². The Morgan fingerprint density at radius 2 is 2.35 bits per heavy atom. The Labute approximate surface area is 105 Å². The van der Waals surface area contributed by atoms with Gasteiger partial charge in [-0.3, -0.25) is 10.1 Å². The maximum atomic E-state index is 12.2. The Bertz CT molecular complexity index is 265. The minimum atomic E-state index is -0.469. The van der Waals surface area contributed by atoms with Crippen LogP contribution in [-0.4, -0.2) is 24.7 Å². The van der Waals surface area contributed by atoms with Gasteiger partial charge in [-0.1, -0.05) is 32.3 Å². The van der Waals surface area contributed by atoms with Gasteiger partial charge < -0.3 is 4.74 Å². The zero-order chi connectivity index (χ0) is 12.7. The van der Waals surface area contributed by atoms with Crippen LogP contribution in [0.5, 0.6) is 0 Å². The first kappa shape index (κ1) is 14.2. The normalized spacial score (nSPS) is 28.7. The van der Waals surface area contributed by atoms with Crippen molar-refractivity contribution in [2.45, 2.75) is 51.5 Å². The molecule has 98 valence electrons. The molecular weight excluding hydrogens is 214 g/mol. The van der Waals surface area contributed by atoms with Gasteiger partial charge in [-0.2, -0.15) is 0 Å². The van der Waals surface area contributed by atoms with Crippen LogP contribution in [0.25, 0.3) is 0 Å². The third-order valence-corrected chi connectivity index (χ3v) is 3.68. The van der Waals surface area contributed by atoms with Gasteiger partial charge in [0, 0.05) is 6.54 Å². The number of hydrogen-bond donors (Lipinski definition) is 1. The van der Waals surface area contributed by atoms with Crippen LogP contribution in [0.3, 0.4) is 0 Å². The molecule has 0 radical (unpaired) electrons. The first-order valence-electron chi connectivity index (χ1n) is 6.71. The Balaban J connectivity index is 2.76. The highest BCUT2D eigenvalue weighted by Gasteiger charge is 2.42. The molecule has 1 N–H and O–H groups in total. The van der Waals surface area contributed by atoms with Crippen LogP contribution in [0.2, 0.25) is 0 Å². The van der Waals surface area contributed by atoms with Gasteiger partial charge in [0.2, 0.25) is 0 Å². The quantitative estimate of drug-likeness (QED) is 0.572. The van der Waals surface area contributed by atoms with E-state index in [0.29, 0.717) is 19.1 Å². The molecule has 0 aliphatic heterocycles. The van der Waals surface area contributed by atoms with Gasteiger partial charge >= 0.3 is 5.97 Å². The second-order valence-corrected chi connectivity index (χ2v) is 4.84. The maximum Gasteiger partial charge on any atom is 0.326 e. The van der Waals surface area contributed by atoms with Crippen molar-refractivity contribution in [3.05, 3.63) is 12.7 Å². The summed E-state index contributed by atoms with van der Waals surface area (Å²) < 4.78 is 5.24. The van der Waals surface area contributed by atoms with Gasteiger partial charge in [0.15, 0.2) is 0 Å². The zero-order valence-corrected chi connectivity index (χ0v) is 11.1.